The van der Waals surface area contributed by atoms with Gasteiger partial charge >= 0.3 is 0 Å². The summed E-state index contributed by atoms with van der Waals surface area (Å²) >= 11 is 0. The molecular weight excluding hydrogens is 974 g/mol. The van der Waals surface area contributed by atoms with Crippen LogP contribution in [0.1, 0.15) is 132 Å². The van der Waals surface area contributed by atoms with E-state index in [2.05, 4.69) is 15.3 Å². The Morgan fingerprint density at radius 3 is 1.17 bits per heavy atom. The standard InChI is InChI=1S/C25H24FN3O3.C17H22FN3O.C17H21FN2O2/c26-19-11-9-18(10-12-19)16-32-23-13-20(27-29(23)14-17-5-1-2-6-17)15-28-24(30)21-7-3-4-8-22(21)25(28)31;18-15-7-5-14(6-8-15)12-22-17-9-16(10-19)20-21(17)11-13-3-1-2-4-13;18-15-7-5-14(6-8-15)12-22-17-9-16(11-21)19-20(17)10-13-3-1-2-4-13/h3-4,7-13,17H,1-2,5-6,14-16H2;5-9,13H,1-4,10-12,19H2;5-9,13,21H,1-4,10-12H2. The van der Waals surface area contributed by atoms with Gasteiger partial charge in [0.15, 0.2) is 0 Å². The van der Waals surface area contributed by atoms with Gasteiger partial charge in [0.25, 0.3) is 11.8 Å². The lowest BCUT2D eigenvalue weighted by Gasteiger charge is -2.13. The van der Waals surface area contributed by atoms with Crippen molar-refractivity contribution >= 4 is 11.8 Å². The van der Waals surface area contributed by atoms with Crippen LogP contribution in [0.2, 0.25) is 0 Å². The number of ether oxygens (including phenoxy) is 3. The fourth-order valence-corrected chi connectivity index (χ4v) is 10.4. The number of aromatic nitrogens is 6. The van der Waals surface area contributed by atoms with E-state index in [1.54, 1.807) is 72.8 Å². The summed E-state index contributed by atoms with van der Waals surface area (Å²) in [6, 6.07) is 31.1. The van der Waals surface area contributed by atoms with E-state index in [1.165, 1.54) is 106 Å². The third kappa shape index (κ3) is 14.4. The molecule has 2 amide bonds. The summed E-state index contributed by atoms with van der Waals surface area (Å²) in [4.78, 5) is 26.7. The Labute approximate surface area is 441 Å². The summed E-state index contributed by atoms with van der Waals surface area (Å²) < 4.78 is 62.4. The fourth-order valence-electron chi connectivity index (χ4n) is 10.4. The van der Waals surface area contributed by atoms with Crippen molar-refractivity contribution in [3.05, 3.63) is 178 Å². The molecule has 14 nitrogen and oxygen atoms in total. The predicted octanol–water partition coefficient (Wildman–Crippen LogP) is 11.1. The van der Waals surface area contributed by atoms with Crippen LogP contribution in [0.4, 0.5) is 13.2 Å². The van der Waals surface area contributed by atoms with Crippen molar-refractivity contribution in [1.29, 1.82) is 0 Å². The molecule has 0 bridgehead atoms. The second-order valence-corrected chi connectivity index (χ2v) is 20.3. The molecule has 4 heterocycles. The van der Waals surface area contributed by atoms with Gasteiger partial charge in [-0.3, -0.25) is 14.5 Å². The van der Waals surface area contributed by atoms with Crippen LogP contribution in [0, 0.1) is 35.2 Å². The minimum atomic E-state index is -0.301. The van der Waals surface area contributed by atoms with Crippen molar-refractivity contribution in [3.8, 4) is 17.6 Å². The predicted molar refractivity (Wildman–Crippen MR) is 279 cm³/mol. The molecule has 1 aliphatic heterocycles. The molecule has 400 valence electrons. The lowest BCUT2D eigenvalue weighted by atomic mass is 10.1. The quantitative estimate of drug-likeness (QED) is 0.0745. The highest BCUT2D eigenvalue weighted by atomic mass is 19.1. The number of nitrogens with zero attached hydrogens (tertiary/aromatic N) is 7. The highest BCUT2D eigenvalue weighted by Crippen LogP contribution is 2.32. The van der Waals surface area contributed by atoms with E-state index in [-0.39, 0.29) is 49.0 Å². The number of hydrogen-bond acceptors (Lipinski definition) is 10. The molecule has 3 aromatic heterocycles. The SMILES string of the molecule is NCc1cc(OCc2ccc(F)cc2)n(CC2CCCC2)n1.O=C1c2ccccc2C(=O)N1Cc1cc(OCc2ccc(F)cc2)n(CC2CCCC2)n1.OCc1cc(OCc2ccc(F)cc2)n(CC2CCCC2)n1. The summed E-state index contributed by atoms with van der Waals surface area (Å²) in [5.41, 5.74) is 11.3. The zero-order valence-electron chi connectivity index (χ0n) is 42.9. The zero-order valence-corrected chi connectivity index (χ0v) is 42.9. The van der Waals surface area contributed by atoms with Crippen LogP contribution < -0.4 is 19.9 Å². The van der Waals surface area contributed by atoms with E-state index in [0.29, 0.717) is 71.8 Å². The van der Waals surface area contributed by atoms with Crippen molar-refractivity contribution in [2.45, 2.75) is 136 Å². The van der Waals surface area contributed by atoms with E-state index < -0.39 is 0 Å². The first kappa shape index (κ1) is 53.6. The number of imide groups is 1. The molecule has 0 radical (unpaired) electrons. The number of halogens is 3. The van der Waals surface area contributed by atoms with E-state index in [9.17, 15) is 27.9 Å². The lowest BCUT2D eigenvalue weighted by molar-refractivity contribution is 0.0639. The molecule has 0 spiro atoms. The number of benzene rings is 4. The summed E-state index contributed by atoms with van der Waals surface area (Å²) in [5, 5.41) is 22.9. The second-order valence-electron chi connectivity index (χ2n) is 20.3. The number of fused-ring (bicyclic) bond motifs is 1. The normalized spacial score (nSPS) is 15.7. The molecule has 11 rings (SSSR count). The van der Waals surface area contributed by atoms with Gasteiger partial charge in [0.05, 0.1) is 41.4 Å². The molecule has 7 aromatic rings. The molecule has 3 aliphatic carbocycles. The fraction of sp³-hybridized carbons (Fsp3) is 0.407. The molecule has 4 aromatic carbocycles. The van der Waals surface area contributed by atoms with Crippen LogP contribution in [0.3, 0.4) is 0 Å². The van der Waals surface area contributed by atoms with Crippen molar-refractivity contribution < 1.29 is 42.1 Å². The van der Waals surface area contributed by atoms with Gasteiger partial charge in [-0.25, -0.2) is 27.2 Å². The van der Waals surface area contributed by atoms with Crippen molar-refractivity contribution in [2.24, 2.45) is 23.5 Å². The number of aliphatic hydroxyl groups excluding tert-OH is 1. The first-order valence-corrected chi connectivity index (χ1v) is 26.7. The van der Waals surface area contributed by atoms with Gasteiger partial charge in [-0.15, -0.1) is 0 Å². The smallest absolute Gasteiger partial charge is 0.261 e. The molecule has 4 aliphatic rings. The minimum Gasteiger partial charge on any atom is -0.473 e. The number of carbonyl (C=O) groups excluding carboxylic acids is 2. The summed E-state index contributed by atoms with van der Waals surface area (Å²) in [6.07, 6.45) is 14.9. The van der Waals surface area contributed by atoms with Crippen LogP contribution in [-0.2, 0) is 59.2 Å². The molecule has 3 N–H and O–H groups in total. The van der Waals surface area contributed by atoms with Gasteiger partial charge in [-0.1, -0.05) is 87.1 Å². The highest BCUT2D eigenvalue weighted by molar-refractivity contribution is 6.21. The maximum Gasteiger partial charge on any atom is 0.261 e. The van der Waals surface area contributed by atoms with Crippen LogP contribution in [-0.4, -0.2) is 51.2 Å². The van der Waals surface area contributed by atoms with Crippen LogP contribution in [0.5, 0.6) is 17.6 Å². The Morgan fingerprint density at radius 2 is 0.816 bits per heavy atom. The van der Waals surface area contributed by atoms with E-state index in [1.807, 2.05) is 20.1 Å². The molecule has 3 saturated carbocycles. The van der Waals surface area contributed by atoms with Gasteiger partial charge < -0.3 is 25.1 Å². The van der Waals surface area contributed by atoms with E-state index in [4.69, 9.17) is 19.9 Å². The number of carbonyl (C=O) groups is 2. The minimum absolute atomic E-state index is 0.0927. The third-order valence-corrected chi connectivity index (χ3v) is 14.6. The Kier molecular flexibility index (Phi) is 18.3. The van der Waals surface area contributed by atoms with Gasteiger partial charge in [-0.05, 0) is 121 Å². The lowest BCUT2D eigenvalue weighted by Crippen LogP contribution is -2.29. The molecular formula is C59H67F3N8O6. The van der Waals surface area contributed by atoms with Gasteiger partial charge in [0.2, 0.25) is 17.6 Å². The Bertz CT molecular complexity index is 2830. The zero-order chi connectivity index (χ0) is 52.8. The summed E-state index contributed by atoms with van der Waals surface area (Å²) in [5.74, 6) is 2.48. The number of rotatable bonds is 19. The largest absolute Gasteiger partial charge is 0.473 e. The Balaban J connectivity index is 0.000000143. The van der Waals surface area contributed by atoms with E-state index in [0.717, 1.165) is 60.7 Å². The molecule has 0 unspecified atom stereocenters. The Hall–Kier alpha value is -7.24. The molecule has 0 atom stereocenters. The summed E-state index contributed by atoms with van der Waals surface area (Å²) in [6.45, 7) is 3.91. The second kappa shape index (κ2) is 26.0. The highest BCUT2D eigenvalue weighted by Gasteiger charge is 2.36. The molecule has 3 fully saturated rings. The van der Waals surface area contributed by atoms with E-state index >= 15 is 0 Å². The number of nitrogens with two attached hydrogens (primary N) is 1. The first-order chi connectivity index (χ1) is 37.1. The monoisotopic (exact) mass is 1040 g/mol. The molecule has 76 heavy (non-hydrogen) atoms. The van der Waals surface area contributed by atoms with Gasteiger partial charge in [0.1, 0.15) is 37.3 Å². The van der Waals surface area contributed by atoms with Gasteiger partial charge in [-0.2, -0.15) is 15.3 Å². The average Bonchev–Trinajstić information content (AvgIpc) is 4.33. The summed E-state index contributed by atoms with van der Waals surface area (Å²) in [7, 11) is 0. The third-order valence-electron chi connectivity index (χ3n) is 14.6. The average molecular weight is 1040 g/mol. The maximum atomic E-state index is 13.2. The number of hydrogen-bond donors (Lipinski definition) is 2. The van der Waals surface area contributed by atoms with Crippen molar-refractivity contribution in [1.82, 2.24) is 34.2 Å². The van der Waals surface area contributed by atoms with Crippen LogP contribution in [0.15, 0.2) is 115 Å². The van der Waals surface area contributed by atoms with Crippen LogP contribution in [0.25, 0.3) is 0 Å². The van der Waals surface area contributed by atoms with Crippen molar-refractivity contribution in [2.75, 3.05) is 0 Å². The maximum absolute atomic E-state index is 13.2. The number of aliphatic hydroxyl groups is 1. The van der Waals surface area contributed by atoms with Crippen LogP contribution >= 0.6 is 0 Å². The topological polar surface area (TPSA) is 165 Å². The van der Waals surface area contributed by atoms with Gasteiger partial charge in [0, 0.05) is 44.4 Å². The number of amides is 2. The molecule has 17 heteroatoms. The molecule has 0 saturated heterocycles. The van der Waals surface area contributed by atoms with Crippen molar-refractivity contribution in [3.63, 3.8) is 0 Å². The first-order valence-electron chi connectivity index (χ1n) is 26.7. The Morgan fingerprint density at radius 1 is 0.487 bits per heavy atom.